The fraction of sp³-hybridized carbons (Fsp3) is 0.562. The Morgan fingerprint density at radius 1 is 0.944 bits per heavy atom. The van der Waals surface area contributed by atoms with Crippen LogP contribution in [0, 0.1) is 6.92 Å². The van der Waals surface area contributed by atoms with Gasteiger partial charge in [0.1, 0.15) is 12.0 Å². The molecule has 0 unspecified atom stereocenters. The minimum absolute atomic E-state index is 0.719. The number of benzene rings is 1. The predicted molar refractivity (Wildman–Crippen MR) is 75.1 cm³/mol. The first-order valence-electron chi connectivity index (χ1n) is 6.96. The smallest absolute Gasteiger partial charge is 0.119 e. The van der Waals surface area contributed by atoms with Crippen LogP contribution >= 0.6 is 0 Å². The zero-order valence-electron chi connectivity index (χ0n) is 11.4. The second-order valence-electron chi connectivity index (χ2n) is 4.74. The summed E-state index contributed by atoms with van der Waals surface area (Å²) >= 11 is 0. The van der Waals surface area contributed by atoms with Gasteiger partial charge in [-0.3, -0.25) is 0 Å². The van der Waals surface area contributed by atoms with Crippen molar-refractivity contribution < 1.29 is 9.53 Å². The van der Waals surface area contributed by atoms with E-state index in [0.29, 0.717) is 0 Å². The van der Waals surface area contributed by atoms with Gasteiger partial charge in [-0.25, -0.2) is 0 Å². The fourth-order valence-electron chi connectivity index (χ4n) is 1.86. The molecule has 1 aromatic carbocycles. The maximum Gasteiger partial charge on any atom is 0.119 e. The number of hydrogen-bond acceptors (Lipinski definition) is 2. The summed E-state index contributed by atoms with van der Waals surface area (Å²) in [6, 6.07) is 8.19. The second kappa shape index (κ2) is 9.69. The standard InChI is InChI=1S/C16H24O2/c1-15-9-11-16(12-10-15)18-14-8-6-4-2-3-5-7-13-17/h9-13H,2-8,14H2,1H3. The van der Waals surface area contributed by atoms with Crippen molar-refractivity contribution in [3.63, 3.8) is 0 Å². The van der Waals surface area contributed by atoms with Crippen molar-refractivity contribution in [1.82, 2.24) is 0 Å². The van der Waals surface area contributed by atoms with Gasteiger partial charge in [-0.1, -0.05) is 43.4 Å². The molecule has 0 bridgehead atoms. The van der Waals surface area contributed by atoms with Gasteiger partial charge in [0.2, 0.25) is 0 Å². The Balaban J connectivity index is 1.92. The van der Waals surface area contributed by atoms with Crippen LogP contribution in [-0.2, 0) is 4.79 Å². The summed E-state index contributed by atoms with van der Waals surface area (Å²) in [6.07, 6.45) is 8.76. The Kier molecular flexibility index (Phi) is 7.94. The normalized spacial score (nSPS) is 10.3. The average Bonchev–Trinajstić information content (AvgIpc) is 2.39. The first-order valence-corrected chi connectivity index (χ1v) is 6.96. The van der Waals surface area contributed by atoms with E-state index in [1.165, 1.54) is 31.2 Å². The lowest BCUT2D eigenvalue weighted by Gasteiger charge is -2.06. The lowest BCUT2D eigenvalue weighted by Crippen LogP contribution is -1.97. The Morgan fingerprint density at radius 3 is 2.22 bits per heavy atom. The van der Waals surface area contributed by atoms with E-state index in [1.807, 2.05) is 12.1 Å². The van der Waals surface area contributed by atoms with Crippen LogP contribution in [0.25, 0.3) is 0 Å². The van der Waals surface area contributed by atoms with Crippen LogP contribution in [0.2, 0.25) is 0 Å². The highest BCUT2D eigenvalue weighted by molar-refractivity contribution is 5.48. The first-order chi connectivity index (χ1) is 8.83. The molecule has 0 spiro atoms. The summed E-state index contributed by atoms with van der Waals surface area (Å²) < 4.78 is 5.66. The van der Waals surface area contributed by atoms with Crippen LogP contribution in [0.5, 0.6) is 5.75 Å². The highest BCUT2D eigenvalue weighted by atomic mass is 16.5. The molecule has 0 heterocycles. The van der Waals surface area contributed by atoms with Crippen LogP contribution in [-0.4, -0.2) is 12.9 Å². The monoisotopic (exact) mass is 248 g/mol. The summed E-state index contributed by atoms with van der Waals surface area (Å²) in [7, 11) is 0. The number of carbonyl (C=O) groups excluding carboxylic acids is 1. The van der Waals surface area contributed by atoms with Crippen molar-refractivity contribution in [1.29, 1.82) is 0 Å². The molecule has 0 saturated heterocycles. The van der Waals surface area contributed by atoms with Gasteiger partial charge in [0.05, 0.1) is 6.61 Å². The zero-order valence-corrected chi connectivity index (χ0v) is 11.4. The molecule has 0 aliphatic carbocycles. The molecule has 0 amide bonds. The molecule has 0 aliphatic rings. The van der Waals surface area contributed by atoms with Gasteiger partial charge in [0.25, 0.3) is 0 Å². The lowest BCUT2D eigenvalue weighted by molar-refractivity contribution is -0.107. The van der Waals surface area contributed by atoms with Crippen LogP contribution in [0.15, 0.2) is 24.3 Å². The minimum atomic E-state index is 0.719. The van der Waals surface area contributed by atoms with Crippen LogP contribution < -0.4 is 4.74 Å². The number of hydrogen-bond donors (Lipinski definition) is 0. The Bertz CT molecular complexity index is 316. The van der Waals surface area contributed by atoms with Crippen molar-refractivity contribution in [2.45, 2.75) is 51.9 Å². The third-order valence-electron chi connectivity index (χ3n) is 3.01. The quantitative estimate of drug-likeness (QED) is 0.456. The van der Waals surface area contributed by atoms with E-state index in [2.05, 4.69) is 19.1 Å². The highest BCUT2D eigenvalue weighted by Gasteiger charge is 1.94. The Hall–Kier alpha value is -1.31. The van der Waals surface area contributed by atoms with Crippen molar-refractivity contribution in [3.8, 4) is 5.75 Å². The van der Waals surface area contributed by atoms with Gasteiger partial charge in [-0.15, -0.1) is 0 Å². The predicted octanol–water partition coefficient (Wildman–Crippen LogP) is 4.30. The fourth-order valence-corrected chi connectivity index (χ4v) is 1.86. The molecule has 1 rings (SSSR count). The summed E-state index contributed by atoms with van der Waals surface area (Å²) in [5, 5.41) is 0. The maximum absolute atomic E-state index is 10.1. The minimum Gasteiger partial charge on any atom is -0.494 e. The molecule has 2 nitrogen and oxygen atoms in total. The van der Waals surface area contributed by atoms with Crippen LogP contribution in [0.3, 0.4) is 0 Å². The van der Waals surface area contributed by atoms with Crippen molar-refractivity contribution in [2.75, 3.05) is 6.61 Å². The van der Waals surface area contributed by atoms with Crippen LogP contribution in [0.1, 0.15) is 50.5 Å². The van der Waals surface area contributed by atoms with Gasteiger partial charge < -0.3 is 9.53 Å². The van der Waals surface area contributed by atoms with Crippen molar-refractivity contribution in [3.05, 3.63) is 29.8 Å². The van der Waals surface area contributed by atoms with Crippen molar-refractivity contribution in [2.24, 2.45) is 0 Å². The summed E-state index contributed by atoms with van der Waals surface area (Å²) in [4.78, 5) is 10.1. The molecule has 0 aliphatic heterocycles. The summed E-state index contributed by atoms with van der Waals surface area (Å²) in [5.41, 5.74) is 1.26. The SMILES string of the molecule is Cc1ccc(OCCCCCCCCC=O)cc1. The molecule has 100 valence electrons. The zero-order chi connectivity index (χ0) is 13.1. The third-order valence-corrected chi connectivity index (χ3v) is 3.01. The molecular weight excluding hydrogens is 224 g/mol. The van der Waals surface area contributed by atoms with Gasteiger partial charge in [0, 0.05) is 6.42 Å². The van der Waals surface area contributed by atoms with Gasteiger partial charge in [-0.2, -0.15) is 0 Å². The average molecular weight is 248 g/mol. The molecule has 0 saturated carbocycles. The van der Waals surface area contributed by atoms with Gasteiger partial charge >= 0.3 is 0 Å². The molecule has 0 atom stereocenters. The number of ether oxygens (including phenoxy) is 1. The Morgan fingerprint density at radius 2 is 1.56 bits per heavy atom. The van der Waals surface area contributed by atoms with Gasteiger partial charge in [-0.05, 0) is 31.9 Å². The summed E-state index contributed by atoms with van der Waals surface area (Å²) in [5.74, 6) is 0.964. The number of carbonyl (C=O) groups is 1. The molecule has 18 heavy (non-hydrogen) atoms. The van der Waals surface area contributed by atoms with E-state index in [-0.39, 0.29) is 0 Å². The van der Waals surface area contributed by atoms with Gasteiger partial charge in [0.15, 0.2) is 0 Å². The summed E-state index contributed by atoms with van der Waals surface area (Å²) in [6.45, 7) is 2.88. The van der Waals surface area contributed by atoms with Crippen molar-refractivity contribution >= 4 is 6.29 Å². The number of aryl methyl sites for hydroxylation is 1. The number of unbranched alkanes of at least 4 members (excludes halogenated alkanes) is 6. The highest BCUT2D eigenvalue weighted by Crippen LogP contribution is 2.12. The molecule has 0 N–H and O–H groups in total. The lowest BCUT2D eigenvalue weighted by atomic mass is 10.1. The van der Waals surface area contributed by atoms with E-state index in [0.717, 1.165) is 37.9 Å². The van der Waals surface area contributed by atoms with E-state index < -0.39 is 0 Å². The third kappa shape index (κ3) is 7.10. The molecule has 0 radical (unpaired) electrons. The molecule has 0 aromatic heterocycles. The van der Waals surface area contributed by atoms with E-state index in [9.17, 15) is 4.79 Å². The number of aldehydes is 1. The molecule has 1 aromatic rings. The maximum atomic E-state index is 10.1. The van der Waals surface area contributed by atoms with E-state index in [1.54, 1.807) is 0 Å². The molecular formula is C16H24O2. The molecule has 0 fully saturated rings. The van der Waals surface area contributed by atoms with E-state index >= 15 is 0 Å². The van der Waals surface area contributed by atoms with Crippen LogP contribution in [0.4, 0.5) is 0 Å². The Labute approximate surface area is 110 Å². The second-order valence-corrected chi connectivity index (χ2v) is 4.74. The topological polar surface area (TPSA) is 26.3 Å². The number of rotatable bonds is 10. The van der Waals surface area contributed by atoms with E-state index in [4.69, 9.17) is 4.74 Å². The first kappa shape index (κ1) is 14.7. The molecule has 2 heteroatoms. The largest absolute Gasteiger partial charge is 0.494 e.